The molecule has 0 aromatic heterocycles. The van der Waals surface area contributed by atoms with Gasteiger partial charge < -0.3 is 9.84 Å². The molecule has 2 heteroatoms. The SMILES string of the molecule is CCCCCCCCCCCCCCCCCO/C(C)=C(/O)CCCCCCCCCCCCCCC. The van der Waals surface area contributed by atoms with E-state index < -0.39 is 0 Å². The van der Waals surface area contributed by atoms with Crippen molar-refractivity contribution < 1.29 is 9.84 Å². The lowest BCUT2D eigenvalue weighted by Crippen LogP contribution is -1.97. The summed E-state index contributed by atoms with van der Waals surface area (Å²) in [7, 11) is 0. The molecule has 0 bridgehead atoms. The lowest BCUT2D eigenvalue weighted by atomic mass is 10.0. The first-order valence-electron chi connectivity index (χ1n) is 17.2. The summed E-state index contributed by atoms with van der Waals surface area (Å²) in [5.74, 6) is 1.23. The van der Waals surface area contributed by atoms with E-state index in [1.54, 1.807) is 0 Å². The van der Waals surface area contributed by atoms with Crippen molar-refractivity contribution in [2.75, 3.05) is 6.61 Å². The zero-order valence-electron chi connectivity index (χ0n) is 26.1. The molecule has 0 aliphatic rings. The highest BCUT2D eigenvalue weighted by molar-refractivity contribution is 4.96. The van der Waals surface area contributed by atoms with E-state index in [4.69, 9.17) is 4.74 Å². The Balaban J connectivity index is 3.35. The molecule has 0 fully saturated rings. The zero-order valence-corrected chi connectivity index (χ0v) is 26.1. The van der Waals surface area contributed by atoms with Gasteiger partial charge in [-0.15, -0.1) is 0 Å². The Hall–Kier alpha value is -0.660. The molecule has 0 radical (unpaired) electrons. The van der Waals surface area contributed by atoms with Crippen LogP contribution in [0.2, 0.25) is 0 Å². The summed E-state index contributed by atoms with van der Waals surface area (Å²) in [6, 6.07) is 0. The summed E-state index contributed by atoms with van der Waals surface area (Å²) in [6.07, 6.45) is 39.2. The van der Waals surface area contributed by atoms with Gasteiger partial charge in [-0.3, -0.25) is 0 Å². The minimum absolute atomic E-state index is 0.476. The quantitative estimate of drug-likeness (QED) is 0.0724. The molecule has 0 unspecified atom stereocenters. The summed E-state index contributed by atoms with van der Waals surface area (Å²) in [4.78, 5) is 0. The molecule has 0 amide bonds. The van der Waals surface area contributed by atoms with Crippen molar-refractivity contribution in [3.05, 3.63) is 11.5 Å². The number of ether oxygens (including phenoxy) is 1. The molecule has 0 saturated carbocycles. The van der Waals surface area contributed by atoms with Gasteiger partial charge >= 0.3 is 0 Å². The minimum Gasteiger partial charge on any atom is -0.509 e. The van der Waals surface area contributed by atoms with E-state index in [1.165, 1.54) is 167 Å². The van der Waals surface area contributed by atoms with Crippen LogP contribution in [0.5, 0.6) is 0 Å². The first-order valence-corrected chi connectivity index (χ1v) is 17.2. The largest absolute Gasteiger partial charge is 0.509 e. The van der Waals surface area contributed by atoms with Crippen molar-refractivity contribution in [1.82, 2.24) is 0 Å². The van der Waals surface area contributed by atoms with Gasteiger partial charge in [0.25, 0.3) is 0 Å². The maximum atomic E-state index is 10.3. The first kappa shape index (κ1) is 36.3. The third-order valence-electron chi connectivity index (χ3n) is 7.99. The van der Waals surface area contributed by atoms with Crippen LogP contribution in [0.3, 0.4) is 0 Å². The van der Waals surface area contributed by atoms with Gasteiger partial charge in [0.05, 0.1) is 6.61 Å². The third-order valence-corrected chi connectivity index (χ3v) is 7.99. The molecule has 0 rings (SSSR count). The molecule has 0 saturated heterocycles. The zero-order chi connectivity index (χ0) is 27.1. The normalized spacial score (nSPS) is 12.2. The van der Waals surface area contributed by atoms with Gasteiger partial charge in [0, 0.05) is 6.42 Å². The number of allylic oxidation sites excluding steroid dienone is 2. The maximum Gasteiger partial charge on any atom is 0.130 e. The lowest BCUT2D eigenvalue weighted by Gasteiger charge is -2.09. The molecule has 0 aliphatic heterocycles. The Labute approximate surface area is 234 Å². The Kier molecular flexibility index (Phi) is 31.0. The van der Waals surface area contributed by atoms with Crippen molar-refractivity contribution >= 4 is 0 Å². The van der Waals surface area contributed by atoms with Crippen LogP contribution < -0.4 is 0 Å². The second-order valence-electron chi connectivity index (χ2n) is 11.8. The fourth-order valence-electron chi connectivity index (χ4n) is 5.27. The van der Waals surface area contributed by atoms with E-state index >= 15 is 0 Å². The molecular weight excluding hydrogens is 452 g/mol. The molecular formula is C35H70O2. The van der Waals surface area contributed by atoms with Crippen LogP contribution in [-0.4, -0.2) is 11.7 Å². The number of unbranched alkanes of at least 4 members (excludes halogenated alkanes) is 26. The Morgan fingerprint density at radius 2 is 0.676 bits per heavy atom. The number of rotatable bonds is 31. The smallest absolute Gasteiger partial charge is 0.130 e. The van der Waals surface area contributed by atoms with Crippen LogP contribution in [0.1, 0.15) is 207 Å². The van der Waals surface area contributed by atoms with E-state index in [-0.39, 0.29) is 0 Å². The molecule has 37 heavy (non-hydrogen) atoms. The van der Waals surface area contributed by atoms with Crippen molar-refractivity contribution in [1.29, 1.82) is 0 Å². The summed E-state index contributed by atoms with van der Waals surface area (Å²) in [6.45, 7) is 7.27. The average Bonchev–Trinajstić information content (AvgIpc) is 2.90. The predicted molar refractivity (Wildman–Crippen MR) is 167 cm³/mol. The van der Waals surface area contributed by atoms with Crippen LogP contribution >= 0.6 is 0 Å². The molecule has 0 atom stereocenters. The highest BCUT2D eigenvalue weighted by atomic mass is 16.5. The molecule has 0 spiro atoms. The molecule has 1 N–H and O–H groups in total. The van der Waals surface area contributed by atoms with Crippen LogP contribution in [0.25, 0.3) is 0 Å². The van der Waals surface area contributed by atoms with E-state index in [1.807, 2.05) is 6.92 Å². The van der Waals surface area contributed by atoms with Crippen LogP contribution in [-0.2, 0) is 4.74 Å². The van der Waals surface area contributed by atoms with Gasteiger partial charge in [0.2, 0.25) is 0 Å². The lowest BCUT2D eigenvalue weighted by molar-refractivity contribution is 0.183. The van der Waals surface area contributed by atoms with Gasteiger partial charge in [-0.25, -0.2) is 0 Å². The highest BCUT2D eigenvalue weighted by Gasteiger charge is 2.03. The van der Waals surface area contributed by atoms with Crippen LogP contribution in [0.15, 0.2) is 11.5 Å². The fraction of sp³-hybridized carbons (Fsp3) is 0.943. The molecule has 0 heterocycles. The Bertz CT molecular complexity index is 456. The van der Waals surface area contributed by atoms with E-state index in [0.29, 0.717) is 5.76 Å². The second kappa shape index (κ2) is 31.6. The van der Waals surface area contributed by atoms with Gasteiger partial charge in [-0.05, 0) is 19.8 Å². The van der Waals surface area contributed by atoms with E-state index in [9.17, 15) is 5.11 Å². The average molecular weight is 523 g/mol. The first-order chi connectivity index (χ1) is 18.2. The summed E-state index contributed by atoms with van der Waals surface area (Å²) in [5.41, 5.74) is 0. The number of aliphatic hydroxyl groups excluding tert-OH is 1. The molecule has 222 valence electrons. The number of aliphatic hydroxyl groups is 1. The predicted octanol–water partition coefficient (Wildman–Crippen LogP) is 13.1. The summed E-state index contributed by atoms with van der Waals surface area (Å²) >= 11 is 0. The van der Waals surface area contributed by atoms with Crippen LogP contribution in [0, 0.1) is 0 Å². The molecule has 0 aliphatic carbocycles. The van der Waals surface area contributed by atoms with Gasteiger partial charge in [0.1, 0.15) is 11.5 Å². The summed E-state index contributed by atoms with van der Waals surface area (Å²) < 4.78 is 5.81. The second-order valence-corrected chi connectivity index (χ2v) is 11.8. The van der Waals surface area contributed by atoms with Crippen molar-refractivity contribution in [2.24, 2.45) is 0 Å². The third kappa shape index (κ3) is 29.7. The highest BCUT2D eigenvalue weighted by Crippen LogP contribution is 2.17. The van der Waals surface area contributed by atoms with Gasteiger partial charge in [0.15, 0.2) is 0 Å². The topological polar surface area (TPSA) is 29.5 Å². The van der Waals surface area contributed by atoms with Crippen LogP contribution in [0.4, 0.5) is 0 Å². The number of hydrogen-bond acceptors (Lipinski definition) is 2. The number of hydrogen-bond donors (Lipinski definition) is 1. The Morgan fingerprint density at radius 1 is 0.405 bits per heavy atom. The fourth-order valence-corrected chi connectivity index (χ4v) is 5.27. The monoisotopic (exact) mass is 523 g/mol. The Morgan fingerprint density at radius 3 is 1.00 bits per heavy atom. The van der Waals surface area contributed by atoms with Crippen molar-refractivity contribution in [3.8, 4) is 0 Å². The summed E-state index contributed by atoms with van der Waals surface area (Å²) in [5, 5.41) is 10.3. The van der Waals surface area contributed by atoms with Gasteiger partial charge in [-0.2, -0.15) is 0 Å². The minimum atomic E-state index is 0.476. The van der Waals surface area contributed by atoms with Crippen molar-refractivity contribution in [3.63, 3.8) is 0 Å². The van der Waals surface area contributed by atoms with E-state index in [0.717, 1.165) is 31.6 Å². The van der Waals surface area contributed by atoms with Crippen molar-refractivity contribution in [2.45, 2.75) is 207 Å². The maximum absolute atomic E-state index is 10.3. The van der Waals surface area contributed by atoms with E-state index in [2.05, 4.69) is 13.8 Å². The van der Waals surface area contributed by atoms with Gasteiger partial charge in [-0.1, -0.05) is 181 Å². The molecule has 0 aromatic carbocycles. The molecule has 2 nitrogen and oxygen atoms in total. The standard InChI is InChI=1S/C35H70O2/c1-4-6-8-10-12-14-16-18-19-21-23-25-27-29-31-33-37-34(3)35(36)32-30-28-26-24-22-20-17-15-13-11-9-7-5-2/h36H,4-33H2,1-3H3/b35-34+. The molecule has 0 aromatic rings.